The van der Waals surface area contributed by atoms with Crippen molar-refractivity contribution >= 4 is 15.8 Å². The smallest absolute Gasteiger partial charge is 0.268 e. The molecule has 1 heterocycles. The highest BCUT2D eigenvalue weighted by Gasteiger charge is 2.30. The molecule has 0 atom stereocenters. The third-order valence-corrected chi connectivity index (χ3v) is 5.95. The Hall–Kier alpha value is -3.07. The van der Waals surface area contributed by atoms with Crippen LogP contribution in [0, 0.1) is 17.5 Å². The molecule has 0 saturated carbocycles. The lowest BCUT2D eigenvalue weighted by molar-refractivity contribution is 0.0985. The number of halogens is 3. The molecule has 3 rings (SSSR count). The zero-order chi connectivity index (χ0) is 21.3. The number of aromatic nitrogens is 1. The molecule has 0 aliphatic heterocycles. The SMILES string of the molecule is CCC(=O)c1cn(S(=O)(=O)c2cccc(F)c2)c(-c2ccc(F)cc2F)c1OC. The summed E-state index contributed by atoms with van der Waals surface area (Å²) < 4.78 is 73.8. The summed E-state index contributed by atoms with van der Waals surface area (Å²) in [5.74, 6) is -3.32. The van der Waals surface area contributed by atoms with Crippen LogP contribution >= 0.6 is 0 Å². The summed E-state index contributed by atoms with van der Waals surface area (Å²) in [7, 11) is -3.24. The fraction of sp³-hybridized carbons (Fsp3) is 0.150. The molecule has 2 aromatic carbocycles. The first-order valence-corrected chi connectivity index (χ1v) is 9.93. The van der Waals surface area contributed by atoms with E-state index in [0.29, 0.717) is 10.0 Å². The number of carbonyl (C=O) groups excluding carboxylic acids is 1. The maximum absolute atomic E-state index is 14.5. The second-order valence-corrected chi connectivity index (χ2v) is 7.90. The number of hydrogen-bond donors (Lipinski definition) is 0. The first-order valence-electron chi connectivity index (χ1n) is 8.49. The van der Waals surface area contributed by atoms with Gasteiger partial charge in [0.25, 0.3) is 10.0 Å². The number of ether oxygens (including phenoxy) is 1. The lowest BCUT2D eigenvalue weighted by Crippen LogP contribution is -2.14. The van der Waals surface area contributed by atoms with Gasteiger partial charge in [0.15, 0.2) is 11.5 Å². The highest BCUT2D eigenvalue weighted by Crippen LogP contribution is 2.39. The van der Waals surface area contributed by atoms with Gasteiger partial charge in [0, 0.05) is 24.2 Å². The minimum Gasteiger partial charge on any atom is -0.494 e. The van der Waals surface area contributed by atoms with E-state index in [1.165, 1.54) is 13.2 Å². The van der Waals surface area contributed by atoms with Gasteiger partial charge in [-0.2, -0.15) is 0 Å². The molecular formula is C20H16F3NO4S. The molecule has 29 heavy (non-hydrogen) atoms. The molecule has 0 saturated heterocycles. The molecule has 0 bridgehead atoms. The van der Waals surface area contributed by atoms with Gasteiger partial charge in [-0.3, -0.25) is 4.79 Å². The lowest BCUT2D eigenvalue weighted by Gasteiger charge is -2.13. The van der Waals surface area contributed by atoms with Crippen LogP contribution in [0.5, 0.6) is 5.75 Å². The molecule has 0 spiro atoms. The quantitative estimate of drug-likeness (QED) is 0.551. The van der Waals surface area contributed by atoms with Crippen molar-refractivity contribution in [1.82, 2.24) is 3.97 Å². The molecule has 0 fully saturated rings. The number of methoxy groups -OCH3 is 1. The molecule has 0 aliphatic rings. The average molecular weight is 423 g/mol. The highest BCUT2D eigenvalue weighted by molar-refractivity contribution is 7.90. The minimum atomic E-state index is -4.44. The van der Waals surface area contributed by atoms with Crippen molar-refractivity contribution in [2.24, 2.45) is 0 Å². The second-order valence-electron chi connectivity index (χ2n) is 6.08. The number of Topliss-reactive ketones (excluding diaryl/α,β-unsaturated/α-hetero) is 1. The third-order valence-electron chi connectivity index (χ3n) is 4.29. The van der Waals surface area contributed by atoms with Crippen LogP contribution in [0.4, 0.5) is 13.2 Å². The van der Waals surface area contributed by atoms with Gasteiger partial charge in [0.2, 0.25) is 0 Å². The fourth-order valence-electron chi connectivity index (χ4n) is 2.92. The van der Waals surface area contributed by atoms with Crippen LogP contribution in [0.25, 0.3) is 11.3 Å². The zero-order valence-corrected chi connectivity index (χ0v) is 16.3. The van der Waals surface area contributed by atoms with Gasteiger partial charge in [-0.15, -0.1) is 0 Å². The number of benzene rings is 2. The van der Waals surface area contributed by atoms with Crippen LogP contribution in [-0.4, -0.2) is 25.3 Å². The van der Waals surface area contributed by atoms with Crippen LogP contribution in [0.15, 0.2) is 53.6 Å². The first kappa shape index (κ1) is 20.7. The van der Waals surface area contributed by atoms with E-state index in [-0.39, 0.29) is 29.0 Å². The Morgan fingerprint density at radius 1 is 1.07 bits per heavy atom. The summed E-state index contributed by atoms with van der Waals surface area (Å²) in [6.45, 7) is 1.57. The molecule has 9 heteroatoms. The van der Waals surface area contributed by atoms with Crippen LogP contribution < -0.4 is 4.74 Å². The third kappa shape index (κ3) is 3.65. The Morgan fingerprint density at radius 3 is 2.34 bits per heavy atom. The molecule has 0 N–H and O–H groups in total. The van der Waals surface area contributed by atoms with E-state index in [1.54, 1.807) is 6.92 Å². The van der Waals surface area contributed by atoms with Crippen LogP contribution in [0.3, 0.4) is 0 Å². The zero-order valence-electron chi connectivity index (χ0n) is 15.4. The molecule has 152 valence electrons. The predicted molar refractivity (Wildman–Crippen MR) is 99.9 cm³/mol. The van der Waals surface area contributed by atoms with Gasteiger partial charge in [0.1, 0.15) is 23.1 Å². The number of rotatable bonds is 6. The average Bonchev–Trinajstić information content (AvgIpc) is 3.07. The van der Waals surface area contributed by atoms with E-state index in [4.69, 9.17) is 4.74 Å². The summed E-state index contributed by atoms with van der Waals surface area (Å²) in [6, 6.07) is 6.82. The monoisotopic (exact) mass is 423 g/mol. The van der Waals surface area contributed by atoms with Gasteiger partial charge in [0.05, 0.1) is 17.6 Å². The van der Waals surface area contributed by atoms with E-state index in [2.05, 4.69) is 0 Å². The van der Waals surface area contributed by atoms with Crippen molar-refractivity contribution in [1.29, 1.82) is 0 Å². The van der Waals surface area contributed by atoms with Crippen LogP contribution in [0.2, 0.25) is 0 Å². The number of hydrogen-bond acceptors (Lipinski definition) is 4. The molecule has 0 unspecified atom stereocenters. The molecule has 1 aromatic heterocycles. The van der Waals surface area contributed by atoms with E-state index in [9.17, 15) is 26.4 Å². The molecule has 3 aromatic rings. The van der Waals surface area contributed by atoms with Crippen molar-refractivity contribution in [2.75, 3.05) is 7.11 Å². The maximum Gasteiger partial charge on any atom is 0.268 e. The number of nitrogens with zero attached hydrogens (tertiary/aromatic N) is 1. The van der Waals surface area contributed by atoms with Crippen LogP contribution in [-0.2, 0) is 10.0 Å². The largest absolute Gasteiger partial charge is 0.494 e. The second kappa shape index (κ2) is 7.75. The molecule has 0 aliphatic carbocycles. The summed E-state index contributed by atoms with van der Waals surface area (Å²) >= 11 is 0. The van der Waals surface area contributed by atoms with Crippen molar-refractivity contribution in [2.45, 2.75) is 18.2 Å². The summed E-state index contributed by atoms with van der Waals surface area (Å²) in [5.41, 5.74) is -0.682. The number of carbonyl (C=O) groups is 1. The van der Waals surface area contributed by atoms with E-state index in [1.807, 2.05) is 0 Å². The summed E-state index contributed by atoms with van der Waals surface area (Å²) in [6.07, 6.45) is 1.04. The Kier molecular flexibility index (Phi) is 5.52. The van der Waals surface area contributed by atoms with Gasteiger partial charge in [-0.05, 0) is 30.3 Å². The Labute approximate surface area is 165 Å². The highest BCUT2D eigenvalue weighted by atomic mass is 32.2. The van der Waals surface area contributed by atoms with Gasteiger partial charge in [-0.1, -0.05) is 13.0 Å². The Morgan fingerprint density at radius 2 is 1.76 bits per heavy atom. The summed E-state index contributed by atoms with van der Waals surface area (Å²) in [4.78, 5) is 11.9. The minimum absolute atomic E-state index is 0.0335. The van der Waals surface area contributed by atoms with E-state index >= 15 is 0 Å². The van der Waals surface area contributed by atoms with Crippen LogP contribution in [0.1, 0.15) is 23.7 Å². The van der Waals surface area contributed by atoms with E-state index < -0.39 is 38.2 Å². The first-order chi connectivity index (χ1) is 13.7. The molecule has 5 nitrogen and oxygen atoms in total. The molecule has 0 radical (unpaired) electrons. The molecule has 0 amide bonds. The number of ketones is 1. The van der Waals surface area contributed by atoms with Gasteiger partial charge < -0.3 is 4.74 Å². The van der Waals surface area contributed by atoms with Gasteiger partial charge >= 0.3 is 0 Å². The maximum atomic E-state index is 14.5. The van der Waals surface area contributed by atoms with E-state index in [0.717, 1.165) is 36.5 Å². The topological polar surface area (TPSA) is 65.4 Å². The standard InChI is InChI=1S/C20H16F3NO4S/c1-3-18(25)16-11-24(29(26,27)14-6-4-5-12(21)9-14)19(20(16)28-2)15-8-7-13(22)10-17(15)23/h4-11H,3H2,1-2H3. The predicted octanol–water partition coefficient (Wildman–Crippen LogP) is 4.41. The normalized spacial score (nSPS) is 11.5. The van der Waals surface area contributed by atoms with Crippen molar-refractivity contribution in [3.63, 3.8) is 0 Å². The van der Waals surface area contributed by atoms with Crippen molar-refractivity contribution in [3.05, 3.63) is 71.7 Å². The fourth-order valence-corrected chi connectivity index (χ4v) is 4.32. The van der Waals surface area contributed by atoms with Crippen molar-refractivity contribution < 1.29 is 31.1 Å². The van der Waals surface area contributed by atoms with Gasteiger partial charge in [-0.25, -0.2) is 25.6 Å². The Balaban J connectivity index is 2.40. The summed E-state index contributed by atoms with van der Waals surface area (Å²) in [5, 5.41) is 0. The van der Waals surface area contributed by atoms with Crippen molar-refractivity contribution in [3.8, 4) is 17.0 Å². The Bertz CT molecular complexity index is 1200. The lowest BCUT2D eigenvalue weighted by atomic mass is 10.1. The molecular weight excluding hydrogens is 407 g/mol.